The fourth-order valence-electron chi connectivity index (χ4n) is 2.26. The van der Waals surface area contributed by atoms with Gasteiger partial charge in [0.25, 0.3) is 0 Å². The molecule has 1 heterocycles. The number of anilines is 1. The fourth-order valence-corrected chi connectivity index (χ4v) is 2.26. The van der Waals surface area contributed by atoms with Gasteiger partial charge in [-0.3, -0.25) is 9.59 Å². The molecule has 0 radical (unpaired) electrons. The van der Waals surface area contributed by atoms with E-state index < -0.39 is 18.0 Å². The first-order valence-corrected chi connectivity index (χ1v) is 6.16. The van der Waals surface area contributed by atoms with Gasteiger partial charge in [-0.25, -0.2) is 4.79 Å². The van der Waals surface area contributed by atoms with Crippen molar-refractivity contribution in [3.8, 4) is 0 Å². The van der Waals surface area contributed by atoms with Crippen LogP contribution in [-0.2, 0) is 11.2 Å². The van der Waals surface area contributed by atoms with Crippen LogP contribution in [-0.4, -0.2) is 23.4 Å². The molecule has 0 bridgehead atoms. The second-order valence-corrected chi connectivity index (χ2v) is 4.63. The first-order valence-electron chi connectivity index (χ1n) is 6.16. The summed E-state index contributed by atoms with van der Waals surface area (Å²) in [6.45, 7) is 1.34. The molecule has 0 spiro atoms. The maximum atomic E-state index is 11.9. The van der Waals surface area contributed by atoms with Crippen LogP contribution >= 0.6 is 0 Å². The Hall–Kier alpha value is -2.67. The van der Waals surface area contributed by atoms with E-state index in [0.29, 0.717) is 10.9 Å². The number of carboxylic acid groups (broad SMARTS) is 1. The molecule has 0 aliphatic rings. The minimum Gasteiger partial charge on any atom is -0.481 e. The summed E-state index contributed by atoms with van der Waals surface area (Å²) in [5.74, 6) is -1.53. The van der Waals surface area contributed by atoms with Crippen molar-refractivity contribution in [2.24, 2.45) is 5.73 Å². The Bertz CT molecular complexity index is 807. The Morgan fingerprint density at radius 3 is 2.57 bits per heavy atom. The maximum absolute atomic E-state index is 11.9. The summed E-state index contributed by atoms with van der Waals surface area (Å²) < 4.78 is 5.10. The third kappa shape index (κ3) is 2.63. The van der Waals surface area contributed by atoms with E-state index in [1.165, 1.54) is 12.1 Å². The smallest absolute Gasteiger partial charge is 0.340 e. The molecule has 110 valence electrons. The van der Waals surface area contributed by atoms with E-state index in [9.17, 15) is 14.4 Å². The molecule has 0 aliphatic carbocycles. The number of hydrogen-bond donors (Lipinski definition) is 3. The lowest BCUT2D eigenvalue weighted by atomic mass is 9.97. The third-order valence-corrected chi connectivity index (χ3v) is 3.22. The van der Waals surface area contributed by atoms with Crippen LogP contribution in [0.5, 0.6) is 0 Å². The second kappa shape index (κ2) is 5.37. The zero-order valence-corrected chi connectivity index (χ0v) is 11.3. The second-order valence-electron chi connectivity index (χ2n) is 4.63. The Labute approximate surface area is 119 Å². The Morgan fingerprint density at radius 2 is 2.00 bits per heavy atom. The van der Waals surface area contributed by atoms with Crippen molar-refractivity contribution >= 4 is 28.4 Å². The molecule has 7 nitrogen and oxygen atoms in total. The van der Waals surface area contributed by atoms with E-state index in [2.05, 4.69) is 0 Å². The van der Waals surface area contributed by atoms with Crippen LogP contribution < -0.4 is 17.1 Å². The molecule has 0 atom stereocenters. The van der Waals surface area contributed by atoms with Gasteiger partial charge in [-0.05, 0) is 18.6 Å². The van der Waals surface area contributed by atoms with Crippen molar-refractivity contribution in [3.05, 3.63) is 39.2 Å². The number of nitrogens with two attached hydrogens (primary N) is 2. The van der Waals surface area contributed by atoms with Crippen molar-refractivity contribution in [1.82, 2.24) is 0 Å². The van der Waals surface area contributed by atoms with E-state index in [1.807, 2.05) is 0 Å². The lowest BCUT2D eigenvalue weighted by Gasteiger charge is -2.11. The van der Waals surface area contributed by atoms with Gasteiger partial charge in [0.05, 0.1) is 18.5 Å². The maximum Gasteiger partial charge on any atom is 0.340 e. The van der Waals surface area contributed by atoms with Gasteiger partial charge in [-0.1, -0.05) is 0 Å². The number of aliphatic carboxylic acids is 1. The van der Waals surface area contributed by atoms with Crippen LogP contribution in [0.3, 0.4) is 0 Å². The van der Waals surface area contributed by atoms with Crippen molar-refractivity contribution in [2.45, 2.75) is 13.3 Å². The van der Waals surface area contributed by atoms with Crippen molar-refractivity contribution in [1.29, 1.82) is 0 Å². The molecule has 1 aromatic heterocycles. The number of fused-ring (bicyclic) bond motifs is 1. The van der Waals surface area contributed by atoms with Crippen molar-refractivity contribution in [3.63, 3.8) is 0 Å². The highest BCUT2D eigenvalue weighted by Gasteiger charge is 2.19. The van der Waals surface area contributed by atoms with Gasteiger partial charge >= 0.3 is 11.6 Å². The molecule has 21 heavy (non-hydrogen) atoms. The predicted molar refractivity (Wildman–Crippen MR) is 76.4 cm³/mol. The summed E-state index contributed by atoms with van der Waals surface area (Å²) in [6, 6.07) is 2.86. The molecular formula is C14H14N2O5. The number of benzene rings is 1. The number of carboxylic acids is 1. The molecule has 2 rings (SSSR count). The highest BCUT2D eigenvalue weighted by Crippen LogP contribution is 2.27. The Kier molecular flexibility index (Phi) is 3.77. The highest BCUT2D eigenvalue weighted by molar-refractivity contribution is 6.10. The van der Waals surface area contributed by atoms with E-state index >= 15 is 0 Å². The first-order chi connectivity index (χ1) is 9.85. The summed E-state index contributed by atoms with van der Waals surface area (Å²) in [5.41, 5.74) is 11.3. The third-order valence-electron chi connectivity index (χ3n) is 3.22. The van der Waals surface area contributed by atoms with E-state index in [1.54, 1.807) is 6.92 Å². The molecule has 0 fully saturated rings. The van der Waals surface area contributed by atoms with Gasteiger partial charge in [0.2, 0.25) is 0 Å². The summed E-state index contributed by atoms with van der Waals surface area (Å²) in [5, 5.41) is 9.24. The molecule has 2 aromatic rings. The van der Waals surface area contributed by atoms with Gasteiger partial charge < -0.3 is 21.0 Å². The minimum atomic E-state index is -1.16. The number of hydrogen-bond acceptors (Lipinski definition) is 6. The Morgan fingerprint density at radius 1 is 1.33 bits per heavy atom. The number of Topliss-reactive ketones (excluding diaryl/α,β-unsaturated/α-hetero) is 1. The predicted octanol–water partition coefficient (Wildman–Crippen LogP) is 0.452. The minimum absolute atomic E-state index is 0.00541. The number of rotatable bonds is 4. The topological polar surface area (TPSA) is 137 Å². The molecule has 0 unspecified atom stereocenters. The van der Waals surface area contributed by atoms with Crippen LogP contribution in [0.4, 0.5) is 5.69 Å². The fraction of sp³-hybridized carbons (Fsp3) is 0.214. The normalized spacial score (nSPS) is 10.8. The van der Waals surface area contributed by atoms with Gasteiger partial charge in [-0.2, -0.15) is 0 Å². The SMILES string of the molecule is Cc1c(CC(=O)O)c(=O)oc2cc(N)cc(C(=O)CN)c12. The summed E-state index contributed by atoms with van der Waals surface area (Å²) in [4.78, 5) is 34.7. The van der Waals surface area contributed by atoms with Gasteiger partial charge in [-0.15, -0.1) is 0 Å². The van der Waals surface area contributed by atoms with Gasteiger partial charge in [0.15, 0.2) is 5.78 Å². The van der Waals surface area contributed by atoms with E-state index in [0.717, 1.165) is 0 Å². The van der Waals surface area contributed by atoms with E-state index in [4.69, 9.17) is 21.0 Å². The molecule has 7 heteroatoms. The molecule has 0 aliphatic heterocycles. The average molecular weight is 290 g/mol. The quantitative estimate of drug-likeness (QED) is 0.422. The Balaban J connectivity index is 2.89. The molecule has 1 aromatic carbocycles. The summed E-state index contributed by atoms with van der Waals surface area (Å²) in [6.07, 6.45) is -0.481. The molecular weight excluding hydrogens is 276 g/mol. The lowest BCUT2D eigenvalue weighted by Crippen LogP contribution is -2.18. The molecule has 5 N–H and O–H groups in total. The van der Waals surface area contributed by atoms with Crippen LogP contribution in [0.25, 0.3) is 11.0 Å². The van der Waals surface area contributed by atoms with Crippen LogP contribution in [0, 0.1) is 6.92 Å². The van der Waals surface area contributed by atoms with Crippen LogP contribution in [0.1, 0.15) is 21.5 Å². The van der Waals surface area contributed by atoms with Gasteiger partial charge in [0.1, 0.15) is 5.58 Å². The number of nitrogen functional groups attached to an aromatic ring is 1. The number of carbonyl (C=O) groups is 2. The standard InChI is InChI=1S/C14H14N2O5/c1-6-8(4-12(18)19)14(20)21-11-3-7(16)2-9(13(6)11)10(17)5-15/h2-3H,4-5,15-16H2,1H3,(H,18,19). The summed E-state index contributed by atoms with van der Waals surface area (Å²) >= 11 is 0. The van der Waals surface area contributed by atoms with E-state index in [-0.39, 0.29) is 34.7 Å². The number of carbonyl (C=O) groups excluding carboxylic acids is 1. The summed E-state index contributed by atoms with van der Waals surface area (Å²) in [7, 11) is 0. The molecule has 0 saturated heterocycles. The van der Waals surface area contributed by atoms with Crippen LogP contribution in [0.15, 0.2) is 21.3 Å². The highest BCUT2D eigenvalue weighted by atomic mass is 16.4. The van der Waals surface area contributed by atoms with Crippen molar-refractivity contribution < 1.29 is 19.1 Å². The number of ketones is 1. The first kappa shape index (κ1) is 14.7. The zero-order valence-electron chi connectivity index (χ0n) is 11.3. The molecule has 0 amide bonds. The van der Waals surface area contributed by atoms with Crippen LogP contribution in [0.2, 0.25) is 0 Å². The lowest BCUT2D eigenvalue weighted by molar-refractivity contribution is -0.136. The van der Waals surface area contributed by atoms with Gasteiger partial charge in [0, 0.05) is 22.7 Å². The monoisotopic (exact) mass is 290 g/mol. The molecule has 0 saturated carbocycles. The zero-order chi connectivity index (χ0) is 15.7. The average Bonchev–Trinajstić information content (AvgIpc) is 2.41. The van der Waals surface area contributed by atoms with Crippen molar-refractivity contribution in [2.75, 3.05) is 12.3 Å². The number of aryl methyl sites for hydroxylation is 1. The largest absolute Gasteiger partial charge is 0.481 e.